The van der Waals surface area contributed by atoms with E-state index in [1.807, 2.05) is 0 Å². The molecule has 7 atom stereocenters. The lowest BCUT2D eigenvalue weighted by atomic mass is 9.95. The number of imidazole rings is 1. The summed E-state index contributed by atoms with van der Waals surface area (Å²) >= 11 is 0. The minimum atomic E-state index is -1.23. The molecule has 3 aromatic rings. The van der Waals surface area contributed by atoms with Crippen molar-refractivity contribution < 1.29 is 19.4 Å². The first kappa shape index (κ1) is 20.2. The number of nitrogens with zero attached hydrogens (tertiary/aromatic N) is 8. The van der Waals surface area contributed by atoms with Gasteiger partial charge in [0.1, 0.15) is 11.6 Å². The van der Waals surface area contributed by atoms with Crippen LogP contribution in [0.1, 0.15) is 43.8 Å². The third-order valence-electron chi connectivity index (χ3n) is 6.98. The SMILES string of the molecule is Cn1nnc([C@H]2O[C@@H](n3cnc4c(N)nc(NC5CC6CCC5C6)nc43)[C@H](OC=O)[C@@H]2O)n1. The summed E-state index contributed by atoms with van der Waals surface area (Å²) in [4.78, 5) is 25.8. The molecule has 0 aromatic carbocycles. The minimum Gasteiger partial charge on any atom is -0.457 e. The zero-order chi connectivity index (χ0) is 22.7. The normalized spacial score (nSPS) is 33.1. The molecule has 3 fully saturated rings. The molecule has 0 amide bonds. The van der Waals surface area contributed by atoms with Gasteiger partial charge in [-0.2, -0.15) is 14.8 Å². The highest BCUT2D eigenvalue weighted by Crippen LogP contribution is 2.45. The average molecular weight is 456 g/mol. The molecule has 0 spiro atoms. The molecule has 2 aliphatic carbocycles. The van der Waals surface area contributed by atoms with Gasteiger partial charge in [-0.05, 0) is 36.3 Å². The molecule has 1 saturated heterocycles. The molecule has 3 aliphatic rings. The summed E-state index contributed by atoms with van der Waals surface area (Å²) in [5, 5.41) is 26.1. The molecule has 14 nitrogen and oxygen atoms in total. The number of aliphatic hydroxyl groups excluding tert-OH is 1. The number of carbonyl (C=O) groups excluding carboxylic acids is 1. The number of aliphatic hydroxyl groups is 1. The van der Waals surface area contributed by atoms with E-state index in [0.717, 1.165) is 12.3 Å². The minimum absolute atomic E-state index is 0.171. The van der Waals surface area contributed by atoms with Crippen molar-refractivity contribution >= 4 is 29.4 Å². The van der Waals surface area contributed by atoms with Crippen LogP contribution in [0.15, 0.2) is 6.33 Å². The summed E-state index contributed by atoms with van der Waals surface area (Å²) in [6.45, 7) is 0.265. The predicted octanol–water partition coefficient (Wildman–Crippen LogP) is -0.295. The van der Waals surface area contributed by atoms with Crippen LogP contribution in [0.25, 0.3) is 11.2 Å². The number of anilines is 2. The molecule has 0 radical (unpaired) electrons. The van der Waals surface area contributed by atoms with Crippen LogP contribution in [0.2, 0.25) is 0 Å². The van der Waals surface area contributed by atoms with Crippen LogP contribution < -0.4 is 11.1 Å². The molecule has 33 heavy (non-hydrogen) atoms. The van der Waals surface area contributed by atoms with Gasteiger partial charge in [-0.1, -0.05) is 6.42 Å². The highest BCUT2D eigenvalue weighted by molar-refractivity contribution is 5.83. The standard InChI is InChI=1S/C19H24N10O4/c1-28-26-16(25-27-28)13-12(31)14(32-7-30)18(33-13)29-6-21-11-15(20)23-19(24-17(11)29)22-10-5-8-2-3-9(10)4-8/h6-10,12-14,18,31H,2-5H2,1H3,(H3,20,22,23,24)/t8?,9?,10?,12-,13+,14-,18-/m1/s1. The van der Waals surface area contributed by atoms with Gasteiger partial charge in [-0.15, -0.1) is 10.2 Å². The van der Waals surface area contributed by atoms with Crippen molar-refractivity contribution in [3.05, 3.63) is 12.2 Å². The van der Waals surface area contributed by atoms with Crippen LogP contribution in [-0.2, 0) is 21.3 Å². The van der Waals surface area contributed by atoms with E-state index >= 15 is 0 Å². The van der Waals surface area contributed by atoms with E-state index in [4.69, 9.17) is 15.2 Å². The van der Waals surface area contributed by atoms with Gasteiger partial charge in [-0.3, -0.25) is 9.36 Å². The number of hydrogen-bond acceptors (Lipinski definition) is 12. The summed E-state index contributed by atoms with van der Waals surface area (Å²) in [6.07, 6.45) is 2.15. The molecule has 6 rings (SSSR count). The number of ether oxygens (including phenoxy) is 2. The summed E-state index contributed by atoms with van der Waals surface area (Å²) in [5.74, 6) is 2.20. The number of nitrogens with one attached hydrogen (secondary N) is 1. The second-order valence-corrected chi connectivity index (χ2v) is 8.95. The third kappa shape index (κ3) is 3.28. The van der Waals surface area contributed by atoms with E-state index in [1.54, 1.807) is 11.6 Å². The van der Waals surface area contributed by atoms with Gasteiger partial charge < -0.3 is 25.6 Å². The predicted molar refractivity (Wildman–Crippen MR) is 111 cm³/mol. The average Bonchev–Trinajstić information content (AvgIpc) is 3.59. The number of fused-ring (bicyclic) bond motifs is 3. The number of aryl methyl sites for hydroxylation is 1. The van der Waals surface area contributed by atoms with Gasteiger partial charge in [0.05, 0.1) is 13.4 Å². The van der Waals surface area contributed by atoms with Gasteiger partial charge in [-0.25, -0.2) is 4.98 Å². The molecule has 2 saturated carbocycles. The molecular weight excluding hydrogens is 432 g/mol. The number of hydrogen-bond donors (Lipinski definition) is 3. The summed E-state index contributed by atoms with van der Waals surface area (Å²) in [7, 11) is 1.60. The first-order valence-corrected chi connectivity index (χ1v) is 10.9. The summed E-state index contributed by atoms with van der Waals surface area (Å²) in [5.41, 5.74) is 6.97. The van der Waals surface area contributed by atoms with Crippen LogP contribution in [-0.4, -0.2) is 69.6 Å². The fraction of sp³-hybridized carbons (Fsp3) is 0.632. The number of tetrazole rings is 1. The number of nitrogen functional groups attached to an aromatic ring is 1. The van der Waals surface area contributed by atoms with Crippen LogP contribution in [0.5, 0.6) is 0 Å². The van der Waals surface area contributed by atoms with E-state index in [1.165, 1.54) is 30.4 Å². The van der Waals surface area contributed by atoms with E-state index in [0.29, 0.717) is 29.1 Å². The Hall–Kier alpha value is -3.39. The topological polar surface area (TPSA) is 181 Å². The number of rotatable bonds is 6. The smallest absolute Gasteiger partial charge is 0.293 e. The summed E-state index contributed by atoms with van der Waals surface area (Å²) < 4.78 is 12.8. The molecule has 1 aliphatic heterocycles. The molecule has 174 valence electrons. The lowest BCUT2D eigenvalue weighted by Crippen LogP contribution is -2.32. The molecule has 4 heterocycles. The van der Waals surface area contributed by atoms with Gasteiger partial charge in [0.2, 0.25) is 11.8 Å². The van der Waals surface area contributed by atoms with Crippen molar-refractivity contribution in [2.24, 2.45) is 18.9 Å². The Morgan fingerprint density at radius 2 is 2.21 bits per heavy atom. The monoisotopic (exact) mass is 456 g/mol. The van der Waals surface area contributed by atoms with E-state index in [9.17, 15) is 9.90 Å². The zero-order valence-electron chi connectivity index (χ0n) is 17.9. The second kappa shape index (κ2) is 7.59. The zero-order valence-corrected chi connectivity index (χ0v) is 17.9. The van der Waals surface area contributed by atoms with Crippen molar-refractivity contribution in [3.63, 3.8) is 0 Å². The number of aromatic nitrogens is 8. The lowest BCUT2D eigenvalue weighted by molar-refractivity contribution is -0.142. The molecule has 3 aromatic heterocycles. The maximum atomic E-state index is 11.2. The van der Waals surface area contributed by atoms with Crippen molar-refractivity contribution in [2.75, 3.05) is 11.1 Å². The van der Waals surface area contributed by atoms with Crippen molar-refractivity contribution in [1.82, 2.24) is 39.7 Å². The molecule has 2 bridgehead atoms. The fourth-order valence-corrected chi connectivity index (χ4v) is 5.49. The molecule has 3 unspecified atom stereocenters. The largest absolute Gasteiger partial charge is 0.457 e. The van der Waals surface area contributed by atoms with E-state index in [2.05, 4.69) is 35.7 Å². The first-order chi connectivity index (χ1) is 16.0. The maximum absolute atomic E-state index is 11.2. The van der Waals surface area contributed by atoms with Gasteiger partial charge in [0.25, 0.3) is 6.47 Å². The van der Waals surface area contributed by atoms with E-state index < -0.39 is 24.5 Å². The first-order valence-electron chi connectivity index (χ1n) is 10.9. The molecule has 14 heteroatoms. The molecular formula is C19H24N10O4. The van der Waals surface area contributed by atoms with E-state index in [-0.39, 0.29) is 18.1 Å². The van der Waals surface area contributed by atoms with Crippen molar-refractivity contribution in [2.45, 2.75) is 56.3 Å². The van der Waals surface area contributed by atoms with Crippen molar-refractivity contribution in [1.29, 1.82) is 0 Å². The highest BCUT2D eigenvalue weighted by atomic mass is 16.6. The third-order valence-corrected chi connectivity index (χ3v) is 6.98. The summed E-state index contributed by atoms with van der Waals surface area (Å²) in [6, 6.07) is 0.319. The Balaban J connectivity index is 1.34. The van der Waals surface area contributed by atoms with Gasteiger partial charge in [0.15, 0.2) is 29.9 Å². The number of carbonyl (C=O) groups is 1. The highest BCUT2D eigenvalue weighted by Gasteiger charge is 2.49. The lowest BCUT2D eigenvalue weighted by Gasteiger charge is -2.23. The van der Waals surface area contributed by atoms with Gasteiger partial charge in [0, 0.05) is 6.04 Å². The number of nitrogens with two attached hydrogens (primary N) is 1. The second-order valence-electron chi connectivity index (χ2n) is 8.95. The van der Waals surface area contributed by atoms with Gasteiger partial charge >= 0.3 is 0 Å². The Morgan fingerprint density at radius 1 is 1.33 bits per heavy atom. The molecule has 4 N–H and O–H groups in total. The Bertz CT molecular complexity index is 1200. The fourth-order valence-electron chi connectivity index (χ4n) is 5.49. The van der Waals surface area contributed by atoms with Crippen LogP contribution >= 0.6 is 0 Å². The Labute approximate surface area is 187 Å². The quantitative estimate of drug-likeness (QED) is 0.413. The van der Waals surface area contributed by atoms with Crippen LogP contribution in [0.3, 0.4) is 0 Å². The van der Waals surface area contributed by atoms with Crippen LogP contribution in [0.4, 0.5) is 11.8 Å². The van der Waals surface area contributed by atoms with Crippen molar-refractivity contribution in [3.8, 4) is 0 Å². The Morgan fingerprint density at radius 3 is 2.91 bits per heavy atom. The maximum Gasteiger partial charge on any atom is 0.293 e. The Kier molecular flexibility index (Phi) is 4.65. The van der Waals surface area contributed by atoms with Crippen LogP contribution in [0, 0.1) is 11.8 Å².